The van der Waals surface area contributed by atoms with Crippen molar-refractivity contribution in [3.63, 3.8) is 0 Å². The van der Waals surface area contributed by atoms with Gasteiger partial charge in [-0.1, -0.05) is 59.7 Å². The Kier molecular flexibility index (Phi) is 5.30. The van der Waals surface area contributed by atoms with Gasteiger partial charge in [0.05, 0.1) is 6.10 Å². The van der Waals surface area contributed by atoms with Gasteiger partial charge in [0, 0.05) is 14.3 Å². The third kappa shape index (κ3) is 3.87. The zero-order valence-electron chi connectivity index (χ0n) is 11.9. The van der Waals surface area contributed by atoms with Crippen molar-refractivity contribution < 1.29 is 5.11 Å². The fourth-order valence-corrected chi connectivity index (χ4v) is 3.69. The van der Waals surface area contributed by atoms with Crippen molar-refractivity contribution in [2.45, 2.75) is 42.6 Å². The molecule has 1 atom stereocenters. The van der Waals surface area contributed by atoms with Crippen LogP contribution in [0.2, 0.25) is 0 Å². The Morgan fingerprint density at radius 2 is 1.55 bits per heavy atom. The van der Waals surface area contributed by atoms with Crippen molar-refractivity contribution in [1.82, 2.24) is 0 Å². The Bertz CT molecular complexity index is 576. The van der Waals surface area contributed by atoms with Gasteiger partial charge in [0.25, 0.3) is 0 Å². The molecule has 0 aliphatic heterocycles. The highest BCUT2D eigenvalue weighted by molar-refractivity contribution is 9.10. The van der Waals surface area contributed by atoms with Crippen LogP contribution in [0.15, 0.2) is 56.7 Å². The van der Waals surface area contributed by atoms with Crippen LogP contribution in [0.5, 0.6) is 0 Å². The first-order valence-electron chi connectivity index (χ1n) is 6.72. The minimum absolute atomic E-state index is 0.450. The zero-order chi connectivity index (χ0) is 14.7. The van der Waals surface area contributed by atoms with E-state index in [1.807, 2.05) is 12.1 Å². The van der Waals surface area contributed by atoms with Crippen LogP contribution in [0.3, 0.4) is 0 Å². The van der Waals surface area contributed by atoms with Crippen molar-refractivity contribution in [2.75, 3.05) is 0 Å². The number of aliphatic hydroxyl groups is 1. The zero-order valence-corrected chi connectivity index (χ0v) is 14.3. The maximum absolute atomic E-state index is 9.63. The molecular formula is C17H19BrOS. The summed E-state index contributed by atoms with van der Waals surface area (Å²) in [5, 5.41) is 9.63. The van der Waals surface area contributed by atoms with E-state index in [2.05, 4.69) is 60.1 Å². The number of hydrogen-bond donors (Lipinski definition) is 1. The quantitative estimate of drug-likeness (QED) is 0.754. The standard InChI is InChI=1S/C17H19BrOS/c1-11(2)13-4-6-14(7-5-13)20-15-8-9-16(12(3)19)17(18)10-15/h4-12,19H,1-3H3/t12-/m1/s1. The lowest BCUT2D eigenvalue weighted by atomic mass is 10.0. The lowest BCUT2D eigenvalue weighted by Gasteiger charge is -2.10. The monoisotopic (exact) mass is 350 g/mol. The molecule has 0 heterocycles. The minimum atomic E-state index is -0.450. The van der Waals surface area contributed by atoms with Gasteiger partial charge in [-0.15, -0.1) is 0 Å². The first kappa shape index (κ1) is 15.6. The molecule has 0 bridgehead atoms. The molecule has 0 aromatic heterocycles. The van der Waals surface area contributed by atoms with Crippen LogP contribution >= 0.6 is 27.7 Å². The molecule has 0 aliphatic carbocycles. The molecule has 2 rings (SSSR count). The van der Waals surface area contributed by atoms with Gasteiger partial charge in [-0.25, -0.2) is 0 Å². The summed E-state index contributed by atoms with van der Waals surface area (Å²) in [6.45, 7) is 6.18. The molecule has 0 saturated heterocycles. The van der Waals surface area contributed by atoms with Gasteiger partial charge in [0.15, 0.2) is 0 Å². The van der Waals surface area contributed by atoms with E-state index in [-0.39, 0.29) is 0 Å². The summed E-state index contributed by atoms with van der Waals surface area (Å²) in [6, 6.07) is 14.8. The summed E-state index contributed by atoms with van der Waals surface area (Å²) in [7, 11) is 0. The molecule has 0 fully saturated rings. The van der Waals surface area contributed by atoms with Crippen molar-refractivity contribution in [3.8, 4) is 0 Å². The Morgan fingerprint density at radius 1 is 0.950 bits per heavy atom. The summed E-state index contributed by atoms with van der Waals surface area (Å²) >= 11 is 5.25. The van der Waals surface area contributed by atoms with E-state index in [0.29, 0.717) is 5.92 Å². The van der Waals surface area contributed by atoms with Crippen LogP contribution in [0.1, 0.15) is 43.9 Å². The minimum Gasteiger partial charge on any atom is -0.389 e. The van der Waals surface area contributed by atoms with Gasteiger partial charge in [0.1, 0.15) is 0 Å². The lowest BCUT2D eigenvalue weighted by Crippen LogP contribution is -1.92. The molecule has 0 saturated carbocycles. The molecule has 0 unspecified atom stereocenters. The average Bonchev–Trinajstić information content (AvgIpc) is 2.39. The van der Waals surface area contributed by atoms with Crippen LogP contribution in [0, 0.1) is 0 Å². The highest BCUT2D eigenvalue weighted by Gasteiger charge is 2.07. The second kappa shape index (κ2) is 6.79. The van der Waals surface area contributed by atoms with E-state index in [0.717, 1.165) is 10.0 Å². The molecule has 20 heavy (non-hydrogen) atoms. The topological polar surface area (TPSA) is 20.2 Å². The van der Waals surface area contributed by atoms with Crippen molar-refractivity contribution in [3.05, 3.63) is 58.1 Å². The van der Waals surface area contributed by atoms with Gasteiger partial charge in [-0.2, -0.15) is 0 Å². The second-order valence-electron chi connectivity index (χ2n) is 5.19. The number of aliphatic hydroxyl groups excluding tert-OH is 1. The molecule has 106 valence electrons. The van der Waals surface area contributed by atoms with Crippen molar-refractivity contribution >= 4 is 27.7 Å². The van der Waals surface area contributed by atoms with Gasteiger partial charge < -0.3 is 5.11 Å². The predicted molar refractivity (Wildman–Crippen MR) is 89.4 cm³/mol. The highest BCUT2D eigenvalue weighted by Crippen LogP contribution is 2.33. The van der Waals surface area contributed by atoms with E-state index < -0.39 is 6.10 Å². The van der Waals surface area contributed by atoms with Crippen LogP contribution in [0.25, 0.3) is 0 Å². The van der Waals surface area contributed by atoms with Gasteiger partial charge >= 0.3 is 0 Å². The molecule has 0 amide bonds. The fraction of sp³-hybridized carbons (Fsp3) is 0.294. The van der Waals surface area contributed by atoms with Crippen LogP contribution in [-0.4, -0.2) is 5.11 Å². The molecule has 2 aromatic rings. The molecule has 0 radical (unpaired) electrons. The van der Waals surface area contributed by atoms with Crippen molar-refractivity contribution in [2.24, 2.45) is 0 Å². The predicted octanol–water partition coefficient (Wildman–Crippen LogP) is 5.78. The molecule has 0 spiro atoms. The van der Waals surface area contributed by atoms with Gasteiger partial charge in [0.2, 0.25) is 0 Å². The van der Waals surface area contributed by atoms with Crippen LogP contribution < -0.4 is 0 Å². The summed E-state index contributed by atoms with van der Waals surface area (Å²) < 4.78 is 0.955. The molecule has 0 aliphatic rings. The van der Waals surface area contributed by atoms with E-state index in [9.17, 15) is 5.11 Å². The Hall–Kier alpha value is -0.770. The number of rotatable bonds is 4. The number of halogens is 1. The Balaban J connectivity index is 2.15. The fourth-order valence-electron chi connectivity index (χ4n) is 1.97. The first-order chi connectivity index (χ1) is 9.47. The summed E-state index contributed by atoms with van der Waals surface area (Å²) in [4.78, 5) is 2.39. The van der Waals surface area contributed by atoms with Gasteiger partial charge in [-0.05, 0) is 48.2 Å². The Morgan fingerprint density at radius 3 is 2.05 bits per heavy atom. The van der Waals surface area contributed by atoms with Crippen LogP contribution in [-0.2, 0) is 0 Å². The van der Waals surface area contributed by atoms with E-state index in [1.54, 1.807) is 18.7 Å². The summed E-state index contributed by atoms with van der Waals surface area (Å²) in [6.07, 6.45) is -0.450. The molecule has 2 aromatic carbocycles. The van der Waals surface area contributed by atoms with E-state index in [1.165, 1.54) is 15.4 Å². The Labute approximate surface area is 133 Å². The van der Waals surface area contributed by atoms with E-state index in [4.69, 9.17) is 0 Å². The van der Waals surface area contributed by atoms with Gasteiger partial charge in [-0.3, -0.25) is 0 Å². The summed E-state index contributed by atoms with van der Waals surface area (Å²) in [5.74, 6) is 0.563. The summed E-state index contributed by atoms with van der Waals surface area (Å²) in [5.41, 5.74) is 2.28. The van der Waals surface area contributed by atoms with Crippen molar-refractivity contribution in [1.29, 1.82) is 0 Å². The maximum Gasteiger partial charge on any atom is 0.0772 e. The maximum atomic E-state index is 9.63. The van der Waals surface area contributed by atoms with E-state index >= 15 is 0 Å². The third-order valence-electron chi connectivity index (χ3n) is 3.20. The third-order valence-corrected chi connectivity index (χ3v) is 4.89. The molecular weight excluding hydrogens is 332 g/mol. The smallest absolute Gasteiger partial charge is 0.0772 e. The first-order valence-corrected chi connectivity index (χ1v) is 8.33. The SMILES string of the molecule is CC(C)c1ccc(Sc2ccc([C@@H](C)O)c(Br)c2)cc1. The molecule has 3 heteroatoms. The molecule has 1 nitrogen and oxygen atoms in total. The molecule has 1 N–H and O–H groups in total. The average molecular weight is 351 g/mol. The normalized spacial score (nSPS) is 12.7. The number of benzene rings is 2. The number of hydrogen-bond acceptors (Lipinski definition) is 2. The highest BCUT2D eigenvalue weighted by atomic mass is 79.9. The van der Waals surface area contributed by atoms with Crippen LogP contribution in [0.4, 0.5) is 0 Å². The second-order valence-corrected chi connectivity index (χ2v) is 7.19. The lowest BCUT2D eigenvalue weighted by molar-refractivity contribution is 0.198. The largest absolute Gasteiger partial charge is 0.389 e.